The van der Waals surface area contributed by atoms with E-state index < -0.39 is 11.9 Å². The molecule has 0 saturated heterocycles. The maximum Gasteiger partial charge on any atom is 0.234 e. The van der Waals surface area contributed by atoms with E-state index in [1.807, 2.05) is 6.07 Å². The number of hydrogen-bond donors (Lipinski definition) is 2. The van der Waals surface area contributed by atoms with Gasteiger partial charge in [0.2, 0.25) is 5.91 Å². The second-order valence-electron chi connectivity index (χ2n) is 2.57. The van der Waals surface area contributed by atoms with Crippen molar-refractivity contribution in [2.75, 3.05) is 0 Å². The van der Waals surface area contributed by atoms with E-state index in [4.69, 9.17) is 11.5 Å². The Morgan fingerprint density at radius 1 is 1.67 bits per heavy atom. The molecule has 0 bridgehead atoms. The Bertz CT molecular complexity index is 260. The molecule has 0 aliphatic carbocycles. The van der Waals surface area contributed by atoms with Gasteiger partial charge in [-0.05, 0) is 18.1 Å². The molecule has 0 spiro atoms. The van der Waals surface area contributed by atoms with Gasteiger partial charge in [-0.2, -0.15) is 0 Å². The number of aromatic nitrogens is 1. The Morgan fingerprint density at radius 2 is 2.42 bits per heavy atom. The second-order valence-corrected chi connectivity index (χ2v) is 2.57. The Labute approximate surface area is 70.6 Å². The molecule has 4 N–H and O–H groups in total. The fourth-order valence-corrected chi connectivity index (χ4v) is 0.873. The number of carbonyl (C=O) groups excluding carboxylic acids is 1. The van der Waals surface area contributed by atoms with Crippen LogP contribution in [0.2, 0.25) is 0 Å². The lowest BCUT2D eigenvalue weighted by atomic mass is 10.1. The topological polar surface area (TPSA) is 82.0 Å². The van der Waals surface area contributed by atoms with Crippen LogP contribution >= 0.6 is 0 Å². The molecule has 1 atom stereocenters. The van der Waals surface area contributed by atoms with Crippen molar-refractivity contribution in [2.45, 2.75) is 12.5 Å². The van der Waals surface area contributed by atoms with Crippen molar-refractivity contribution in [1.82, 2.24) is 4.98 Å². The summed E-state index contributed by atoms with van der Waals surface area (Å²) in [5.41, 5.74) is 11.4. The minimum absolute atomic E-state index is 0.448. The predicted octanol–water partition coefficient (Wildman–Crippen LogP) is -0.563. The highest BCUT2D eigenvalue weighted by Crippen LogP contribution is 1.98. The van der Waals surface area contributed by atoms with Gasteiger partial charge >= 0.3 is 0 Å². The number of nitrogens with zero attached hydrogens (tertiary/aromatic N) is 1. The third-order valence-electron chi connectivity index (χ3n) is 1.54. The highest BCUT2D eigenvalue weighted by Gasteiger charge is 2.09. The van der Waals surface area contributed by atoms with E-state index in [1.165, 1.54) is 0 Å². The van der Waals surface area contributed by atoms with Gasteiger partial charge in [0.25, 0.3) is 0 Å². The first-order valence-electron chi connectivity index (χ1n) is 3.64. The first-order valence-corrected chi connectivity index (χ1v) is 3.64. The molecule has 1 aromatic heterocycles. The summed E-state index contributed by atoms with van der Waals surface area (Å²) < 4.78 is 0. The Hall–Kier alpha value is -1.42. The Balaban J connectivity index is 2.58. The number of amides is 1. The van der Waals surface area contributed by atoms with Crippen LogP contribution in [0.4, 0.5) is 0 Å². The van der Waals surface area contributed by atoms with Gasteiger partial charge in [-0.3, -0.25) is 9.78 Å². The molecule has 0 radical (unpaired) electrons. The molecule has 4 heteroatoms. The van der Waals surface area contributed by atoms with Crippen LogP contribution in [-0.2, 0) is 11.2 Å². The Morgan fingerprint density at radius 3 is 2.92 bits per heavy atom. The number of hydrogen-bond acceptors (Lipinski definition) is 3. The molecule has 0 saturated carbocycles. The lowest BCUT2D eigenvalue weighted by Crippen LogP contribution is -2.38. The maximum atomic E-state index is 10.6. The van der Waals surface area contributed by atoms with E-state index in [9.17, 15) is 4.79 Å². The quantitative estimate of drug-likeness (QED) is 0.629. The van der Waals surface area contributed by atoms with Gasteiger partial charge in [0.1, 0.15) is 0 Å². The molecule has 1 amide bonds. The summed E-state index contributed by atoms with van der Waals surface area (Å²) in [5.74, 6) is -0.487. The molecule has 0 unspecified atom stereocenters. The van der Waals surface area contributed by atoms with Gasteiger partial charge in [-0.25, -0.2) is 0 Å². The molecular formula is C8H11N3O. The summed E-state index contributed by atoms with van der Waals surface area (Å²) in [6.45, 7) is 0. The van der Waals surface area contributed by atoms with Crippen molar-refractivity contribution in [2.24, 2.45) is 11.5 Å². The molecule has 1 aromatic rings. The van der Waals surface area contributed by atoms with Crippen LogP contribution in [0.5, 0.6) is 0 Å². The van der Waals surface area contributed by atoms with Gasteiger partial charge in [-0.15, -0.1) is 0 Å². The predicted molar refractivity (Wildman–Crippen MR) is 45.1 cm³/mol. The molecule has 4 nitrogen and oxygen atoms in total. The first kappa shape index (κ1) is 8.67. The average Bonchev–Trinajstić information content (AvgIpc) is 2.06. The molecule has 0 aliphatic rings. The van der Waals surface area contributed by atoms with Crippen LogP contribution in [-0.4, -0.2) is 16.9 Å². The average molecular weight is 165 g/mol. The molecule has 0 fully saturated rings. The molecule has 1 rings (SSSR count). The summed E-state index contributed by atoms with van der Waals surface area (Å²) in [4.78, 5) is 14.5. The number of rotatable bonds is 3. The van der Waals surface area contributed by atoms with Gasteiger partial charge in [0, 0.05) is 12.4 Å². The fraction of sp³-hybridized carbons (Fsp3) is 0.250. The van der Waals surface area contributed by atoms with E-state index >= 15 is 0 Å². The van der Waals surface area contributed by atoms with E-state index in [0.717, 1.165) is 5.56 Å². The molecule has 64 valence electrons. The summed E-state index contributed by atoms with van der Waals surface area (Å²) in [7, 11) is 0. The lowest BCUT2D eigenvalue weighted by molar-refractivity contribution is -0.119. The number of pyridine rings is 1. The van der Waals surface area contributed by atoms with Crippen molar-refractivity contribution in [3.05, 3.63) is 30.1 Å². The van der Waals surface area contributed by atoms with Crippen LogP contribution in [0.25, 0.3) is 0 Å². The SMILES string of the molecule is NC(=O)[C@H](N)Cc1cccnc1. The van der Waals surface area contributed by atoms with Gasteiger partial charge in [0.05, 0.1) is 6.04 Å². The van der Waals surface area contributed by atoms with E-state index in [2.05, 4.69) is 4.98 Å². The van der Waals surface area contributed by atoms with E-state index in [1.54, 1.807) is 18.5 Å². The van der Waals surface area contributed by atoms with Crippen molar-refractivity contribution in [1.29, 1.82) is 0 Å². The highest BCUT2D eigenvalue weighted by atomic mass is 16.1. The zero-order valence-corrected chi connectivity index (χ0v) is 6.60. The van der Waals surface area contributed by atoms with Crippen LogP contribution in [0, 0.1) is 0 Å². The largest absolute Gasteiger partial charge is 0.368 e. The third-order valence-corrected chi connectivity index (χ3v) is 1.54. The van der Waals surface area contributed by atoms with Gasteiger partial charge in [0.15, 0.2) is 0 Å². The highest BCUT2D eigenvalue weighted by molar-refractivity contribution is 5.79. The Kier molecular flexibility index (Phi) is 2.76. The third kappa shape index (κ3) is 2.32. The molecule has 12 heavy (non-hydrogen) atoms. The second kappa shape index (κ2) is 3.82. The van der Waals surface area contributed by atoms with Crippen molar-refractivity contribution in [3.8, 4) is 0 Å². The maximum absolute atomic E-state index is 10.6. The zero-order chi connectivity index (χ0) is 8.97. The standard InChI is InChI=1S/C8H11N3O/c9-7(8(10)12)4-6-2-1-3-11-5-6/h1-3,5,7H,4,9H2,(H2,10,12)/t7-/m1/s1. The molecule has 0 aliphatic heterocycles. The van der Waals surface area contributed by atoms with E-state index in [-0.39, 0.29) is 0 Å². The summed E-state index contributed by atoms with van der Waals surface area (Å²) >= 11 is 0. The minimum atomic E-state index is -0.616. The molecule has 1 heterocycles. The molecule has 0 aromatic carbocycles. The lowest BCUT2D eigenvalue weighted by Gasteiger charge is -2.05. The summed E-state index contributed by atoms with van der Waals surface area (Å²) in [6, 6.07) is 3.04. The normalized spacial score (nSPS) is 12.4. The van der Waals surface area contributed by atoms with Crippen LogP contribution in [0.3, 0.4) is 0 Å². The van der Waals surface area contributed by atoms with E-state index in [0.29, 0.717) is 6.42 Å². The summed E-state index contributed by atoms with van der Waals surface area (Å²) in [6.07, 6.45) is 3.78. The molecular weight excluding hydrogens is 154 g/mol. The van der Waals surface area contributed by atoms with Gasteiger partial charge < -0.3 is 11.5 Å². The fourth-order valence-electron chi connectivity index (χ4n) is 0.873. The van der Waals surface area contributed by atoms with Crippen LogP contribution in [0.1, 0.15) is 5.56 Å². The summed E-state index contributed by atoms with van der Waals surface area (Å²) in [5, 5.41) is 0. The minimum Gasteiger partial charge on any atom is -0.368 e. The number of nitrogens with two attached hydrogens (primary N) is 2. The monoisotopic (exact) mass is 165 g/mol. The first-order chi connectivity index (χ1) is 5.70. The zero-order valence-electron chi connectivity index (χ0n) is 6.60. The van der Waals surface area contributed by atoms with Crippen molar-refractivity contribution >= 4 is 5.91 Å². The van der Waals surface area contributed by atoms with Gasteiger partial charge in [-0.1, -0.05) is 6.07 Å². The van der Waals surface area contributed by atoms with Crippen LogP contribution < -0.4 is 11.5 Å². The number of primary amides is 1. The smallest absolute Gasteiger partial charge is 0.234 e. The van der Waals surface area contributed by atoms with Crippen molar-refractivity contribution < 1.29 is 4.79 Å². The van der Waals surface area contributed by atoms with Crippen molar-refractivity contribution in [3.63, 3.8) is 0 Å². The van der Waals surface area contributed by atoms with Crippen LogP contribution in [0.15, 0.2) is 24.5 Å². The number of carbonyl (C=O) groups is 1.